The predicted octanol–water partition coefficient (Wildman–Crippen LogP) is 5.28. The fourth-order valence-electron chi connectivity index (χ4n) is 2.31. The lowest BCUT2D eigenvalue weighted by atomic mass is 10.2. The highest BCUT2D eigenvalue weighted by atomic mass is 35.5. The molecule has 1 heterocycles. The third kappa shape index (κ3) is 6.00. The average Bonchev–Trinajstić information content (AvgIpc) is 3.13. The number of nitrogens with zero attached hydrogens (tertiary/aromatic N) is 2. The van der Waals surface area contributed by atoms with Crippen molar-refractivity contribution in [3.05, 3.63) is 69.9 Å². The van der Waals surface area contributed by atoms with Crippen LogP contribution in [-0.4, -0.2) is 23.8 Å². The molecule has 0 radical (unpaired) electrons. The van der Waals surface area contributed by atoms with Gasteiger partial charge in [0, 0.05) is 10.4 Å². The molecule has 0 aliphatic heterocycles. The lowest BCUT2D eigenvalue weighted by molar-refractivity contribution is -0.142. The lowest BCUT2D eigenvalue weighted by Crippen LogP contribution is -2.07. The van der Waals surface area contributed by atoms with Crippen LogP contribution in [0.3, 0.4) is 0 Å². The number of anilines is 1. The van der Waals surface area contributed by atoms with Crippen LogP contribution in [0.25, 0.3) is 0 Å². The Morgan fingerprint density at radius 1 is 1.31 bits per heavy atom. The number of hydrogen-bond donors (Lipinski definition) is 1. The Morgan fingerprint density at radius 3 is 2.86 bits per heavy atom. The van der Waals surface area contributed by atoms with Crippen LogP contribution in [0.1, 0.15) is 18.2 Å². The van der Waals surface area contributed by atoms with Crippen LogP contribution in [0.2, 0.25) is 5.02 Å². The van der Waals surface area contributed by atoms with Gasteiger partial charge in [0.15, 0.2) is 0 Å². The van der Waals surface area contributed by atoms with Crippen molar-refractivity contribution in [2.75, 3.05) is 12.0 Å². The van der Waals surface area contributed by atoms with Gasteiger partial charge in [-0.1, -0.05) is 17.7 Å². The molecule has 0 aliphatic rings. The number of benzene rings is 2. The van der Waals surface area contributed by atoms with E-state index in [4.69, 9.17) is 21.1 Å². The zero-order valence-corrected chi connectivity index (χ0v) is 17.0. The topological polar surface area (TPSA) is 72.8 Å². The number of carbonyl (C=O) groups excluding carboxylic acids is 1. The zero-order chi connectivity index (χ0) is 20.6. The summed E-state index contributed by atoms with van der Waals surface area (Å²) in [7, 11) is 0. The Hall–Kier alpha value is -2.97. The van der Waals surface area contributed by atoms with Crippen molar-refractivity contribution in [3.63, 3.8) is 0 Å². The number of carbonyl (C=O) groups is 1. The third-order valence-corrected chi connectivity index (χ3v) is 4.64. The Morgan fingerprint density at radius 2 is 2.10 bits per heavy atom. The van der Waals surface area contributed by atoms with E-state index in [0.29, 0.717) is 34.0 Å². The molecular formula is C20H17ClFN3O3S. The summed E-state index contributed by atoms with van der Waals surface area (Å²) in [6, 6.07) is 11.2. The molecule has 0 saturated heterocycles. The van der Waals surface area contributed by atoms with Crippen LogP contribution in [0, 0.1) is 5.82 Å². The summed E-state index contributed by atoms with van der Waals surface area (Å²) in [6.45, 7) is 2.07. The molecule has 3 aromatic rings. The van der Waals surface area contributed by atoms with E-state index in [1.165, 1.54) is 23.6 Å². The number of rotatable bonds is 8. The van der Waals surface area contributed by atoms with Gasteiger partial charge in [-0.05, 0) is 43.3 Å². The van der Waals surface area contributed by atoms with E-state index in [2.05, 4.69) is 15.5 Å². The highest BCUT2D eigenvalue weighted by molar-refractivity contribution is 7.13. The molecule has 0 unspecified atom stereocenters. The van der Waals surface area contributed by atoms with Crippen LogP contribution in [0.4, 0.5) is 9.52 Å². The summed E-state index contributed by atoms with van der Waals surface area (Å²) in [4.78, 5) is 15.7. The third-order valence-electron chi connectivity index (χ3n) is 3.59. The molecule has 29 heavy (non-hydrogen) atoms. The highest BCUT2D eigenvalue weighted by Gasteiger charge is 2.10. The van der Waals surface area contributed by atoms with Gasteiger partial charge in [0.05, 0.1) is 30.5 Å². The molecule has 0 saturated carbocycles. The van der Waals surface area contributed by atoms with Gasteiger partial charge in [0.2, 0.25) is 5.13 Å². The van der Waals surface area contributed by atoms with E-state index in [1.54, 1.807) is 48.7 Å². The van der Waals surface area contributed by atoms with Gasteiger partial charge in [-0.25, -0.2) is 9.37 Å². The first-order chi connectivity index (χ1) is 14.0. The van der Waals surface area contributed by atoms with E-state index >= 15 is 0 Å². The van der Waals surface area contributed by atoms with Gasteiger partial charge in [0.25, 0.3) is 0 Å². The Kier molecular flexibility index (Phi) is 7.15. The van der Waals surface area contributed by atoms with Gasteiger partial charge >= 0.3 is 5.97 Å². The minimum atomic E-state index is -0.482. The number of esters is 1. The van der Waals surface area contributed by atoms with Crippen LogP contribution in [0.15, 0.2) is 52.9 Å². The number of hydrazone groups is 1. The second-order valence-corrected chi connectivity index (χ2v) is 7.00. The Balaban J connectivity index is 1.68. The van der Waals surface area contributed by atoms with Gasteiger partial charge in [-0.15, -0.1) is 11.3 Å². The van der Waals surface area contributed by atoms with Crippen LogP contribution in [-0.2, 0) is 16.0 Å². The molecule has 3 rings (SSSR count). The van der Waals surface area contributed by atoms with Crippen molar-refractivity contribution in [2.24, 2.45) is 5.10 Å². The molecule has 0 atom stereocenters. The maximum Gasteiger partial charge on any atom is 0.311 e. The molecule has 0 aliphatic carbocycles. The smallest absolute Gasteiger partial charge is 0.311 e. The number of nitrogens with one attached hydrogen (secondary N) is 1. The molecule has 0 spiro atoms. The maximum atomic E-state index is 14.3. The standard InChI is InChI=1S/C20H17ClFN3O3S/c1-2-27-19(26)10-14-12-29-20(24-14)25-23-11-16-17(22)4-3-5-18(16)28-15-8-6-13(21)7-9-15/h3-9,11-12H,2,10H2,1H3,(H,24,25). The van der Waals surface area contributed by atoms with Crippen molar-refractivity contribution in [2.45, 2.75) is 13.3 Å². The first kappa shape index (κ1) is 20.8. The van der Waals surface area contributed by atoms with Gasteiger partial charge in [-0.2, -0.15) is 5.10 Å². The van der Waals surface area contributed by atoms with Crippen molar-refractivity contribution < 1.29 is 18.7 Å². The molecule has 0 amide bonds. The van der Waals surface area contributed by atoms with E-state index < -0.39 is 5.82 Å². The average molecular weight is 434 g/mol. The monoisotopic (exact) mass is 433 g/mol. The van der Waals surface area contributed by atoms with E-state index in [1.807, 2.05) is 0 Å². The van der Waals surface area contributed by atoms with Gasteiger partial charge in [-0.3, -0.25) is 10.2 Å². The SMILES string of the molecule is CCOC(=O)Cc1csc(NN=Cc2c(F)cccc2Oc2ccc(Cl)cc2)n1. The summed E-state index contributed by atoms with van der Waals surface area (Å²) in [6.07, 6.45) is 1.40. The maximum absolute atomic E-state index is 14.3. The Labute approximate surface area is 176 Å². The van der Waals surface area contributed by atoms with Crippen LogP contribution < -0.4 is 10.2 Å². The predicted molar refractivity (Wildman–Crippen MR) is 112 cm³/mol. The number of ether oxygens (including phenoxy) is 2. The second kappa shape index (κ2) is 9.99. The van der Waals surface area contributed by atoms with Gasteiger partial charge < -0.3 is 9.47 Å². The minimum Gasteiger partial charge on any atom is -0.466 e. The summed E-state index contributed by atoms with van der Waals surface area (Å²) in [5.41, 5.74) is 3.48. The number of thiazole rings is 1. The summed E-state index contributed by atoms with van der Waals surface area (Å²) < 4.78 is 24.9. The molecular weight excluding hydrogens is 417 g/mol. The number of aromatic nitrogens is 1. The number of halogens is 2. The molecule has 1 N–H and O–H groups in total. The van der Waals surface area contributed by atoms with E-state index in [-0.39, 0.29) is 18.0 Å². The highest BCUT2D eigenvalue weighted by Crippen LogP contribution is 2.27. The number of hydrogen-bond acceptors (Lipinski definition) is 7. The molecule has 9 heteroatoms. The molecule has 150 valence electrons. The van der Waals surface area contributed by atoms with E-state index in [9.17, 15) is 9.18 Å². The molecule has 2 aromatic carbocycles. The summed E-state index contributed by atoms with van der Waals surface area (Å²) in [5, 5.41) is 6.81. The summed E-state index contributed by atoms with van der Waals surface area (Å²) in [5.74, 6) is -0.00139. The molecule has 0 fully saturated rings. The minimum absolute atomic E-state index is 0.0854. The first-order valence-electron chi connectivity index (χ1n) is 8.66. The Bertz CT molecular complexity index is 1010. The largest absolute Gasteiger partial charge is 0.466 e. The summed E-state index contributed by atoms with van der Waals surface area (Å²) >= 11 is 7.14. The quantitative estimate of drug-likeness (QED) is 0.297. The van der Waals surface area contributed by atoms with Crippen LogP contribution >= 0.6 is 22.9 Å². The van der Waals surface area contributed by atoms with Crippen molar-refractivity contribution in [1.29, 1.82) is 0 Å². The molecule has 1 aromatic heterocycles. The molecule has 0 bridgehead atoms. The normalized spacial score (nSPS) is 10.9. The molecule has 6 nitrogen and oxygen atoms in total. The fourth-order valence-corrected chi connectivity index (χ4v) is 3.10. The zero-order valence-electron chi connectivity index (χ0n) is 15.4. The lowest BCUT2D eigenvalue weighted by Gasteiger charge is -2.09. The van der Waals surface area contributed by atoms with Crippen LogP contribution in [0.5, 0.6) is 11.5 Å². The van der Waals surface area contributed by atoms with Crippen molar-refractivity contribution in [3.8, 4) is 11.5 Å². The first-order valence-corrected chi connectivity index (χ1v) is 9.92. The van der Waals surface area contributed by atoms with E-state index in [0.717, 1.165) is 0 Å². The second-order valence-electron chi connectivity index (χ2n) is 5.70. The fraction of sp³-hybridized carbons (Fsp3) is 0.150. The van der Waals surface area contributed by atoms with Crippen molar-refractivity contribution in [1.82, 2.24) is 4.98 Å². The van der Waals surface area contributed by atoms with Crippen molar-refractivity contribution >= 4 is 40.3 Å². The van der Waals surface area contributed by atoms with Gasteiger partial charge in [0.1, 0.15) is 17.3 Å².